The zero-order chi connectivity index (χ0) is 20.7. The van der Waals surface area contributed by atoms with Gasteiger partial charge in [-0.15, -0.1) is 0 Å². The number of amides is 1. The van der Waals surface area contributed by atoms with Crippen LogP contribution in [-0.2, 0) is 19.6 Å². The Morgan fingerprint density at radius 1 is 1.14 bits per heavy atom. The first-order valence-electron chi connectivity index (χ1n) is 8.20. The molecule has 0 radical (unpaired) electrons. The highest BCUT2D eigenvalue weighted by molar-refractivity contribution is 7.89. The summed E-state index contributed by atoms with van der Waals surface area (Å²) in [5, 5.41) is 3.36. The molecule has 0 atom stereocenters. The largest absolute Gasteiger partial charge is 0.482 e. The molecule has 0 bridgehead atoms. The number of carbonyl (C=O) groups is 1. The Morgan fingerprint density at radius 2 is 1.89 bits per heavy atom. The van der Waals surface area contributed by atoms with E-state index < -0.39 is 10.0 Å². The molecule has 0 fully saturated rings. The molecule has 2 aromatic rings. The average Bonchev–Trinajstić information content (AvgIpc) is 2.63. The molecular formula is C18H20Cl2N2O5S. The van der Waals surface area contributed by atoms with Crippen LogP contribution in [0.5, 0.6) is 5.75 Å². The fraction of sp³-hybridized carbons (Fsp3) is 0.278. The van der Waals surface area contributed by atoms with Crippen LogP contribution in [0, 0.1) is 6.92 Å². The summed E-state index contributed by atoms with van der Waals surface area (Å²) in [6.07, 6.45) is 0. The molecule has 0 aliphatic heterocycles. The van der Waals surface area contributed by atoms with E-state index in [-0.39, 0.29) is 41.3 Å². The number of carbonyl (C=O) groups excluding carboxylic acids is 1. The normalized spacial score (nSPS) is 11.3. The fourth-order valence-corrected chi connectivity index (χ4v) is 3.79. The SMILES string of the molecule is COCCNS(=O)(=O)c1ccc(OCC(=O)Nc2ccc(Cl)cc2C)c(Cl)c1. The van der Waals surface area contributed by atoms with Crippen LogP contribution in [0.15, 0.2) is 41.3 Å². The van der Waals surface area contributed by atoms with Crippen molar-refractivity contribution in [3.05, 3.63) is 52.0 Å². The van der Waals surface area contributed by atoms with Gasteiger partial charge in [-0.1, -0.05) is 23.2 Å². The van der Waals surface area contributed by atoms with Gasteiger partial charge in [0.1, 0.15) is 5.75 Å². The van der Waals surface area contributed by atoms with E-state index in [2.05, 4.69) is 10.0 Å². The van der Waals surface area contributed by atoms with E-state index in [4.69, 9.17) is 32.7 Å². The van der Waals surface area contributed by atoms with Crippen molar-refractivity contribution in [2.45, 2.75) is 11.8 Å². The van der Waals surface area contributed by atoms with Gasteiger partial charge in [0.2, 0.25) is 10.0 Å². The van der Waals surface area contributed by atoms with Crippen molar-refractivity contribution in [2.24, 2.45) is 0 Å². The van der Waals surface area contributed by atoms with Gasteiger partial charge in [0.25, 0.3) is 5.91 Å². The quantitative estimate of drug-likeness (QED) is 0.576. The molecule has 2 aromatic carbocycles. The third-order valence-electron chi connectivity index (χ3n) is 3.63. The molecule has 2 rings (SSSR count). The lowest BCUT2D eigenvalue weighted by molar-refractivity contribution is -0.118. The van der Waals surface area contributed by atoms with Crippen LogP contribution in [-0.4, -0.2) is 41.2 Å². The van der Waals surface area contributed by atoms with Crippen molar-refractivity contribution in [1.29, 1.82) is 0 Å². The summed E-state index contributed by atoms with van der Waals surface area (Å²) in [7, 11) is -2.24. The third kappa shape index (κ3) is 6.35. The third-order valence-corrected chi connectivity index (χ3v) is 5.62. The van der Waals surface area contributed by atoms with E-state index in [0.717, 1.165) is 5.56 Å². The number of aryl methyl sites for hydroxylation is 1. The van der Waals surface area contributed by atoms with E-state index >= 15 is 0 Å². The molecule has 0 unspecified atom stereocenters. The van der Waals surface area contributed by atoms with Crippen LogP contribution >= 0.6 is 23.2 Å². The summed E-state index contributed by atoms with van der Waals surface area (Å²) >= 11 is 12.0. The highest BCUT2D eigenvalue weighted by Gasteiger charge is 2.16. The number of sulfonamides is 1. The van der Waals surface area contributed by atoms with Crippen LogP contribution in [0.3, 0.4) is 0 Å². The Balaban J connectivity index is 1.98. The zero-order valence-electron chi connectivity index (χ0n) is 15.3. The monoisotopic (exact) mass is 446 g/mol. The maximum Gasteiger partial charge on any atom is 0.262 e. The zero-order valence-corrected chi connectivity index (χ0v) is 17.6. The lowest BCUT2D eigenvalue weighted by atomic mass is 10.2. The Kier molecular flexibility index (Phi) is 8.09. The van der Waals surface area contributed by atoms with E-state index in [1.165, 1.54) is 25.3 Å². The first-order chi connectivity index (χ1) is 13.2. The highest BCUT2D eigenvalue weighted by Crippen LogP contribution is 2.27. The van der Waals surface area contributed by atoms with Gasteiger partial charge in [0.05, 0.1) is 16.5 Å². The van der Waals surface area contributed by atoms with Crippen molar-refractivity contribution in [2.75, 3.05) is 32.2 Å². The number of ether oxygens (including phenoxy) is 2. The van der Waals surface area contributed by atoms with Crippen molar-refractivity contribution in [3.8, 4) is 5.75 Å². The average molecular weight is 447 g/mol. The van der Waals surface area contributed by atoms with E-state index in [1.54, 1.807) is 18.2 Å². The molecule has 2 N–H and O–H groups in total. The maximum absolute atomic E-state index is 12.2. The van der Waals surface area contributed by atoms with Crippen LogP contribution in [0.1, 0.15) is 5.56 Å². The molecule has 0 aromatic heterocycles. The van der Waals surface area contributed by atoms with Gasteiger partial charge in [-0.25, -0.2) is 13.1 Å². The minimum atomic E-state index is -3.71. The number of rotatable bonds is 9. The van der Waals surface area contributed by atoms with Crippen LogP contribution in [0.4, 0.5) is 5.69 Å². The number of anilines is 1. The molecule has 0 aliphatic carbocycles. The van der Waals surface area contributed by atoms with Crippen molar-refractivity contribution in [3.63, 3.8) is 0 Å². The summed E-state index contributed by atoms with van der Waals surface area (Å²) in [5.74, 6) is -0.195. The van der Waals surface area contributed by atoms with Gasteiger partial charge >= 0.3 is 0 Å². The van der Waals surface area contributed by atoms with Crippen molar-refractivity contribution < 1.29 is 22.7 Å². The van der Waals surface area contributed by atoms with Gasteiger partial charge in [-0.05, 0) is 48.9 Å². The summed E-state index contributed by atoms with van der Waals surface area (Å²) in [5.41, 5.74) is 1.43. The van der Waals surface area contributed by atoms with E-state index in [1.807, 2.05) is 6.92 Å². The topological polar surface area (TPSA) is 93.7 Å². The maximum atomic E-state index is 12.2. The Morgan fingerprint density at radius 3 is 2.54 bits per heavy atom. The molecule has 0 saturated heterocycles. The number of methoxy groups -OCH3 is 1. The molecule has 0 saturated carbocycles. The van der Waals surface area contributed by atoms with Crippen LogP contribution in [0.2, 0.25) is 10.0 Å². The second-order valence-electron chi connectivity index (χ2n) is 5.78. The van der Waals surface area contributed by atoms with Gasteiger partial charge in [-0.3, -0.25) is 4.79 Å². The second kappa shape index (κ2) is 10.1. The first kappa shape index (κ1) is 22.4. The number of nitrogens with one attached hydrogen (secondary N) is 2. The molecule has 7 nitrogen and oxygen atoms in total. The molecule has 152 valence electrons. The van der Waals surface area contributed by atoms with Crippen LogP contribution < -0.4 is 14.8 Å². The first-order valence-corrected chi connectivity index (χ1v) is 10.4. The number of hydrogen-bond acceptors (Lipinski definition) is 5. The summed E-state index contributed by atoms with van der Waals surface area (Å²) < 4.78 is 36.9. The lowest BCUT2D eigenvalue weighted by Gasteiger charge is -2.12. The Hall–Kier alpha value is -1.84. The van der Waals surface area contributed by atoms with E-state index in [9.17, 15) is 13.2 Å². The van der Waals surface area contributed by atoms with Crippen molar-refractivity contribution in [1.82, 2.24) is 4.72 Å². The van der Waals surface area contributed by atoms with Gasteiger partial charge in [-0.2, -0.15) is 0 Å². The van der Waals surface area contributed by atoms with Gasteiger partial charge in [0.15, 0.2) is 6.61 Å². The summed E-state index contributed by atoms with van der Waals surface area (Å²) in [6.45, 7) is 1.91. The van der Waals surface area contributed by atoms with Crippen LogP contribution in [0.25, 0.3) is 0 Å². The summed E-state index contributed by atoms with van der Waals surface area (Å²) in [6, 6.07) is 9.09. The lowest BCUT2D eigenvalue weighted by Crippen LogP contribution is -2.27. The molecule has 0 spiro atoms. The van der Waals surface area contributed by atoms with Gasteiger partial charge < -0.3 is 14.8 Å². The molecule has 10 heteroatoms. The summed E-state index contributed by atoms with van der Waals surface area (Å²) in [4.78, 5) is 12.1. The number of benzene rings is 2. The van der Waals surface area contributed by atoms with Gasteiger partial charge in [0, 0.05) is 24.4 Å². The molecule has 0 aliphatic rings. The molecular weight excluding hydrogens is 427 g/mol. The highest BCUT2D eigenvalue weighted by atomic mass is 35.5. The second-order valence-corrected chi connectivity index (χ2v) is 8.39. The molecule has 0 heterocycles. The minimum Gasteiger partial charge on any atom is -0.482 e. The number of halogens is 2. The fourth-order valence-electron chi connectivity index (χ4n) is 2.22. The standard InChI is InChI=1S/C18H20Cl2N2O5S/c1-12-9-13(19)3-5-16(12)22-18(23)11-27-17-6-4-14(10-15(17)20)28(24,25)21-7-8-26-2/h3-6,9-10,21H,7-8,11H2,1-2H3,(H,22,23). The molecule has 28 heavy (non-hydrogen) atoms. The predicted molar refractivity (Wildman–Crippen MR) is 109 cm³/mol. The Labute approximate surface area is 174 Å². The molecule has 1 amide bonds. The smallest absolute Gasteiger partial charge is 0.262 e. The predicted octanol–water partition coefficient (Wildman–Crippen LogP) is 3.24. The minimum absolute atomic E-state index is 0.0119. The van der Waals surface area contributed by atoms with E-state index in [0.29, 0.717) is 10.7 Å². The van der Waals surface area contributed by atoms with Crippen molar-refractivity contribution >= 4 is 44.8 Å². The number of hydrogen-bond donors (Lipinski definition) is 2. The Bertz CT molecular complexity index is 951.